The maximum Gasteiger partial charge on any atom is 0.252 e. The minimum atomic E-state index is -0.162. The zero-order chi connectivity index (χ0) is 21.8. The molecule has 0 radical (unpaired) electrons. The molecule has 0 saturated carbocycles. The summed E-state index contributed by atoms with van der Waals surface area (Å²) in [5.74, 6) is 0.495. The standard InChI is InChI=1S/C28H22N2O2/c31-28(30-25(21-12-5-2-6-13-21)18-20-10-3-1-4-11-20)23-19-26(27-16-9-17-32-27)29-24-15-8-7-14-22(23)24/h1-17,19,25H,18H2,(H,30,31). The molecule has 0 saturated heterocycles. The lowest BCUT2D eigenvalue weighted by Crippen LogP contribution is -2.30. The second-order valence-corrected chi connectivity index (χ2v) is 7.68. The largest absolute Gasteiger partial charge is 0.463 e. The fourth-order valence-electron chi connectivity index (χ4n) is 3.94. The van der Waals surface area contributed by atoms with Gasteiger partial charge in [0.1, 0.15) is 5.69 Å². The molecule has 5 aromatic rings. The monoisotopic (exact) mass is 418 g/mol. The van der Waals surface area contributed by atoms with E-state index in [1.54, 1.807) is 12.3 Å². The fourth-order valence-corrected chi connectivity index (χ4v) is 3.94. The lowest BCUT2D eigenvalue weighted by atomic mass is 9.98. The molecule has 0 fully saturated rings. The number of amides is 1. The maximum atomic E-state index is 13.6. The molecule has 1 N–H and O–H groups in total. The number of aromatic nitrogens is 1. The molecule has 32 heavy (non-hydrogen) atoms. The van der Waals surface area contributed by atoms with E-state index in [-0.39, 0.29) is 11.9 Å². The van der Waals surface area contributed by atoms with Gasteiger partial charge in [0.25, 0.3) is 5.91 Å². The summed E-state index contributed by atoms with van der Waals surface area (Å²) in [4.78, 5) is 18.3. The number of nitrogens with one attached hydrogen (secondary N) is 1. The fraction of sp³-hybridized carbons (Fsp3) is 0.0714. The van der Waals surface area contributed by atoms with E-state index in [1.165, 1.54) is 0 Å². The van der Waals surface area contributed by atoms with Crippen LogP contribution in [-0.2, 0) is 6.42 Å². The van der Waals surface area contributed by atoms with E-state index < -0.39 is 0 Å². The first-order chi connectivity index (χ1) is 15.8. The highest BCUT2D eigenvalue weighted by Gasteiger charge is 2.20. The molecule has 0 bridgehead atoms. The van der Waals surface area contributed by atoms with Crippen LogP contribution >= 0.6 is 0 Å². The molecule has 5 rings (SSSR count). The maximum absolute atomic E-state index is 13.6. The van der Waals surface area contributed by atoms with Crippen molar-refractivity contribution in [3.05, 3.63) is 126 Å². The average molecular weight is 418 g/mol. The lowest BCUT2D eigenvalue weighted by molar-refractivity contribution is 0.0938. The zero-order valence-corrected chi connectivity index (χ0v) is 17.4. The van der Waals surface area contributed by atoms with E-state index in [0.717, 1.165) is 22.0 Å². The van der Waals surface area contributed by atoms with Crippen molar-refractivity contribution in [2.75, 3.05) is 0 Å². The SMILES string of the molecule is O=C(NC(Cc1ccccc1)c1ccccc1)c1cc(-c2ccco2)nc2ccccc12. The molecule has 2 heterocycles. The van der Waals surface area contributed by atoms with Gasteiger partial charge in [-0.3, -0.25) is 4.79 Å². The van der Waals surface area contributed by atoms with Crippen molar-refractivity contribution < 1.29 is 9.21 Å². The summed E-state index contributed by atoms with van der Waals surface area (Å²) >= 11 is 0. The minimum Gasteiger partial charge on any atom is -0.463 e. The highest BCUT2D eigenvalue weighted by molar-refractivity contribution is 6.07. The smallest absolute Gasteiger partial charge is 0.252 e. The molecule has 0 aliphatic heterocycles. The molecule has 1 atom stereocenters. The van der Waals surface area contributed by atoms with Crippen molar-refractivity contribution in [3.8, 4) is 11.5 Å². The van der Waals surface area contributed by atoms with Crippen LogP contribution in [0, 0.1) is 0 Å². The Morgan fingerprint density at radius 2 is 1.56 bits per heavy atom. The van der Waals surface area contributed by atoms with E-state index in [4.69, 9.17) is 9.40 Å². The minimum absolute atomic E-state index is 0.138. The highest BCUT2D eigenvalue weighted by atomic mass is 16.3. The molecular weight excluding hydrogens is 396 g/mol. The first-order valence-electron chi connectivity index (χ1n) is 10.6. The van der Waals surface area contributed by atoms with Crippen molar-refractivity contribution >= 4 is 16.8 Å². The van der Waals surface area contributed by atoms with Gasteiger partial charge in [-0.15, -0.1) is 0 Å². The van der Waals surface area contributed by atoms with Crippen LogP contribution in [0.5, 0.6) is 0 Å². The third-order valence-corrected chi connectivity index (χ3v) is 5.52. The topological polar surface area (TPSA) is 55.1 Å². The van der Waals surface area contributed by atoms with Crippen LogP contribution in [0.25, 0.3) is 22.4 Å². The molecule has 156 valence electrons. The quantitative estimate of drug-likeness (QED) is 0.357. The number of fused-ring (bicyclic) bond motifs is 1. The van der Waals surface area contributed by atoms with Crippen molar-refractivity contribution in [2.24, 2.45) is 0 Å². The summed E-state index contributed by atoms with van der Waals surface area (Å²) in [5, 5.41) is 4.08. The van der Waals surface area contributed by atoms with Crippen molar-refractivity contribution in [1.29, 1.82) is 0 Å². The summed E-state index contributed by atoms with van der Waals surface area (Å²) in [5.41, 5.74) is 4.20. The first-order valence-corrected chi connectivity index (χ1v) is 10.6. The van der Waals surface area contributed by atoms with E-state index in [0.29, 0.717) is 23.4 Å². The number of para-hydroxylation sites is 1. The Hall–Kier alpha value is -4.18. The number of furan rings is 1. The van der Waals surface area contributed by atoms with E-state index in [1.807, 2.05) is 84.9 Å². The van der Waals surface area contributed by atoms with Gasteiger partial charge in [0, 0.05) is 5.39 Å². The zero-order valence-electron chi connectivity index (χ0n) is 17.4. The third-order valence-electron chi connectivity index (χ3n) is 5.52. The van der Waals surface area contributed by atoms with Gasteiger partial charge in [-0.05, 0) is 41.8 Å². The van der Waals surface area contributed by atoms with Crippen LogP contribution in [-0.4, -0.2) is 10.9 Å². The Kier molecular flexibility index (Phi) is 5.50. The van der Waals surface area contributed by atoms with Crippen molar-refractivity contribution in [2.45, 2.75) is 12.5 Å². The number of benzene rings is 3. The highest BCUT2D eigenvalue weighted by Crippen LogP contribution is 2.26. The number of rotatable bonds is 6. The molecule has 0 spiro atoms. The second kappa shape index (κ2) is 8.90. The van der Waals surface area contributed by atoms with Gasteiger partial charge in [-0.1, -0.05) is 78.9 Å². The lowest BCUT2D eigenvalue weighted by Gasteiger charge is -2.20. The van der Waals surface area contributed by atoms with Crippen LogP contribution in [0.15, 0.2) is 114 Å². The van der Waals surface area contributed by atoms with Crippen LogP contribution < -0.4 is 5.32 Å². The predicted molar refractivity (Wildman–Crippen MR) is 126 cm³/mol. The summed E-state index contributed by atoms with van der Waals surface area (Å²) in [6.45, 7) is 0. The van der Waals surface area contributed by atoms with Gasteiger partial charge >= 0.3 is 0 Å². The molecule has 0 aliphatic rings. The molecular formula is C28H22N2O2. The summed E-state index contributed by atoms with van der Waals surface area (Å²) in [6, 6.07) is 33.3. The number of hydrogen-bond acceptors (Lipinski definition) is 3. The molecule has 0 aliphatic carbocycles. The molecule has 3 aromatic carbocycles. The molecule has 4 nitrogen and oxygen atoms in total. The summed E-state index contributed by atoms with van der Waals surface area (Å²) < 4.78 is 5.54. The van der Waals surface area contributed by atoms with Crippen molar-refractivity contribution in [1.82, 2.24) is 10.3 Å². The Morgan fingerprint density at radius 1 is 0.844 bits per heavy atom. The number of pyridine rings is 1. The number of hydrogen-bond donors (Lipinski definition) is 1. The Bertz CT molecular complexity index is 1330. The van der Waals surface area contributed by atoms with Crippen LogP contribution in [0.4, 0.5) is 0 Å². The van der Waals surface area contributed by atoms with Gasteiger partial charge < -0.3 is 9.73 Å². The third kappa shape index (κ3) is 4.16. The molecule has 2 aromatic heterocycles. The normalized spacial score (nSPS) is 11.9. The Balaban J connectivity index is 1.53. The van der Waals surface area contributed by atoms with Crippen LogP contribution in [0.2, 0.25) is 0 Å². The summed E-state index contributed by atoms with van der Waals surface area (Å²) in [7, 11) is 0. The van der Waals surface area contributed by atoms with Crippen molar-refractivity contribution in [3.63, 3.8) is 0 Å². The number of carbonyl (C=O) groups is 1. The molecule has 1 amide bonds. The van der Waals surface area contributed by atoms with E-state index in [2.05, 4.69) is 17.4 Å². The first kappa shape index (κ1) is 19.8. The molecule has 4 heteroatoms. The van der Waals surface area contributed by atoms with Crippen LogP contribution in [0.3, 0.4) is 0 Å². The van der Waals surface area contributed by atoms with Gasteiger partial charge in [-0.2, -0.15) is 0 Å². The summed E-state index contributed by atoms with van der Waals surface area (Å²) in [6.07, 6.45) is 2.31. The predicted octanol–water partition coefficient (Wildman–Crippen LogP) is 6.21. The van der Waals surface area contributed by atoms with Gasteiger partial charge in [-0.25, -0.2) is 4.98 Å². The van der Waals surface area contributed by atoms with E-state index in [9.17, 15) is 4.79 Å². The Labute approximate surface area is 186 Å². The number of carbonyl (C=O) groups excluding carboxylic acids is 1. The number of nitrogens with zero attached hydrogens (tertiary/aromatic N) is 1. The Morgan fingerprint density at radius 3 is 2.31 bits per heavy atom. The van der Waals surface area contributed by atoms with Gasteiger partial charge in [0.2, 0.25) is 0 Å². The van der Waals surface area contributed by atoms with Crippen LogP contribution in [0.1, 0.15) is 27.5 Å². The van der Waals surface area contributed by atoms with E-state index >= 15 is 0 Å². The average Bonchev–Trinajstić information content (AvgIpc) is 3.39. The second-order valence-electron chi connectivity index (χ2n) is 7.68. The van der Waals surface area contributed by atoms with Gasteiger partial charge in [0.05, 0.1) is 23.4 Å². The molecule has 1 unspecified atom stereocenters. The van der Waals surface area contributed by atoms with Gasteiger partial charge in [0.15, 0.2) is 5.76 Å².